The highest BCUT2D eigenvalue weighted by Crippen LogP contribution is 2.65. The highest BCUT2D eigenvalue weighted by Gasteiger charge is 2.70. The van der Waals surface area contributed by atoms with E-state index >= 15 is 0 Å². The molecule has 1 aromatic heterocycles. The smallest absolute Gasteiger partial charge is 0.315 e. The maximum atomic E-state index is 14.9. The lowest BCUT2D eigenvalue weighted by Gasteiger charge is -2.37. The van der Waals surface area contributed by atoms with Crippen LogP contribution in [0.15, 0.2) is 53.7 Å². The molecule has 3 aliphatic rings. The standard InChI is InChI=1S/C40H57N7O7S/c1-9-15-28(34(48)36(50)41-10-2)43-35(49)33-31-27(40(31,6)7)22-47(33)37(51)32(26-20-24-16-11-12-17-25(24)21-26)45-38(52)44-29(39(3,4)5)23-46(8)55(53,54)30-18-13-14-19-42-30/h11-14,16-19,26-29,31-33H,9-10,15,20-23H2,1-8H3,(H,41,50)(H,43,49)(H2,44,45,52)/t27-,28?,29+,31-,32-,33-/m0/s1. The van der Waals surface area contributed by atoms with E-state index in [1.165, 1.54) is 19.3 Å². The van der Waals surface area contributed by atoms with Gasteiger partial charge >= 0.3 is 6.03 Å². The Morgan fingerprint density at radius 3 is 2.16 bits per heavy atom. The van der Waals surface area contributed by atoms with Gasteiger partial charge in [-0.15, -0.1) is 0 Å². The number of fused-ring (bicyclic) bond motifs is 2. The van der Waals surface area contributed by atoms with E-state index in [0.29, 0.717) is 25.8 Å². The molecule has 0 spiro atoms. The molecule has 0 bridgehead atoms. The van der Waals surface area contributed by atoms with Gasteiger partial charge in [0.2, 0.25) is 17.6 Å². The third kappa shape index (κ3) is 8.88. The van der Waals surface area contributed by atoms with Crippen molar-refractivity contribution in [3.8, 4) is 0 Å². The van der Waals surface area contributed by atoms with E-state index in [4.69, 9.17) is 0 Å². The SMILES string of the molecule is CCCC(NC(=O)[C@@H]1[C@@H]2[C@H](CN1C(=O)[C@@H](NC(=O)N[C@H](CN(C)S(=O)(=O)c1ccccn1)C(C)(C)C)C1Cc3ccccc3C1)C2(C)C)C(=O)C(=O)NCC. The quantitative estimate of drug-likeness (QED) is 0.199. The molecule has 1 aliphatic heterocycles. The minimum Gasteiger partial charge on any atom is -0.350 e. The Morgan fingerprint density at radius 1 is 0.964 bits per heavy atom. The van der Waals surface area contributed by atoms with Crippen molar-refractivity contribution >= 4 is 39.6 Å². The number of ketones is 1. The number of urea groups is 1. The van der Waals surface area contributed by atoms with Crippen LogP contribution >= 0.6 is 0 Å². The fourth-order valence-electron chi connectivity index (χ4n) is 8.31. The Labute approximate surface area is 325 Å². The highest BCUT2D eigenvalue weighted by atomic mass is 32.2. The molecule has 1 unspecified atom stereocenters. The summed E-state index contributed by atoms with van der Waals surface area (Å²) < 4.78 is 27.9. The first-order chi connectivity index (χ1) is 25.8. The lowest BCUT2D eigenvalue weighted by atomic mass is 9.86. The van der Waals surface area contributed by atoms with Gasteiger partial charge < -0.3 is 26.2 Å². The van der Waals surface area contributed by atoms with Gasteiger partial charge in [-0.05, 0) is 78.0 Å². The third-order valence-corrected chi connectivity index (χ3v) is 13.5. The van der Waals surface area contributed by atoms with E-state index in [0.717, 1.165) is 15.4 Å². The second-order valence-corrected chi connectivity index (χ2v) is 18.9. The molecule has 300 valence electrons. The van der Waals surface area contributed by atoms with Crippen LogP contribution in [-0.4, -0.2) is 103 Å². The molecule has 55 heavy (non-hydrogen) atoms. The van der Waals surface area contributed by atoms with Gasteiger partial charge in [-0.2, -0.15) is 4.31 Å². The predicted octanol–water partition coefficient (Wildman–Crippen LogP) is 2.67. The van der Waals surface area contributed by atoms with Crippen LogP contribution in [0.2, 0.25) is 0 Å². The number of Topliss-reactive ketones (excluding diaryl/α,β-unsaturated/α-hetero) is 1. The number of carbonyl (C=O) groups is 5. The second kappa shape index (κ2) is 16.4. The van der Waals surface area contributed by atoms with Crippen LogP contribution in [-0.2, 0) is 42.0 Å². The van der Waals surface area contributed by atoms with Gasteiger partial charge in [0.1, 0.15) is 12.1 Å². The summed E-state index contributed by atoms with van der Waals surface area (Å²) in [5.41, 5.74) is 1.33. The van der Waals surface area contributed by atoms with E-state index in [-0.39, 0.29) is 47.7 Å². The van der Waals surface area contributed by atoms with E-state index in [1.54, 1.807) is 24.0 Å². The van der Waals surface area contributed by atoms with E-state index in [2.05, 4.69) is 40.1 Å². The summed E-state index contributed by atoms with van der Waals surface area (Å²) in [6, 6.07) is 8.23. The molecule has 5 rings (SSSR count). The number of nitrogens with zero attached hydrogens (tertiary/aromatic N) is 3. The second-order valence-electron chi connectivity index (χ2n) is 16.9. The topological polar surface area (TPSA) is 187 Å². The molecule has 5 amide bonds. The van der Waals surface area contributed by atoms with Crippen molar-refractivity contribution in [1.29, 1.82) is 0 Å². The number of amides is 5. The molecule has 2 heterocycles. The maximum absolute atomic E-state index is 14.9. The highest BCUT2D eigenvalue weighted by molar-refractivity contribution is 7.89. The van der Waals surface area contributed by atoms with Crippen LogP contribution in [0.4, 0.5) is 4.79 Å². The lowest BCUT2D eigenvalue weighted by molar-refractivity contribution is -0.144. The van der Waals surface area contributed by atoms with Crippen molar-refractivity contribution < 1.29 is 32.4 Å². The monoisotopic (exact) mass is 779 g/mol. The number of likely N-dealkylation sites (N-methyl/N-ethyl adjacent to an activating group) is 2. The van der Waals surface area contributed by atoms with E-state index in [1.807, 2.05) is 52.0 Å². The fraction of sp³-hybridized carbons (Fsp3) is 0.600. The molecule has 2 fully saturated rings. The maximum Gasteiger partial charge on any atom is 0.315 e. The zero-order chi connectivity index (χ0) is 40.5. The van der Waals surface area contributed by atoms with Gasteiger partial charge in [-0.1, -0.05) is 78.3 Å². The Kier molecular flexibility index (Phi) is 12.5. The number of hydrogen-bond acceptors (Lipinski definition) is 8. The van der Waals surface area contributed by atoms with Crippen molar-refractivity contribution in [2.75, 3.05) is 26.7 Å². The molecule has 15 heteroatoms. The van der Waals surface area contributed by atoms with E-state index < -0.39 is 69.1 Å². The zero-order valence-corrected chi connectivity index (χ0v) is 34.0. The van der Waals surface area contributed by atoms with Crippen LogP contribution in [0.1, 0.15) is 72.4 Å². The zero-order valence-electron chi connectivity index (χ0n) is 33.2. The minimum atomic E-state index is -3.96. The van der Waals surface area contributed by atoms with Gasteiger partial charge in [0.05, 0.1) is 6.04 Å². The van der Waals surface area contributed by atoms with Gasteiger partial charge in [-0.3, -0.25) is 19.2 Å². The first kappa shape index (κ1) is 41.8. The van der Waals surface area contributed by atoms with Crippen LogP contribution in [0, 0.1) is 28.6 Å². The number of rotatable bonds is 15. The predicted molar refractivity (Wildman–Crippen MR) is 207 cm³/mol. The van der Waals surface area contributed by atoms with Gasteiger partial charge in [0.25, 0.3) is 15.9 Å². The lowest BCUT2D eigenvalue weighted by Crippen LogP contribution is -2.61. The number of carbonyl (C=O) groups excluding carboxylic acids is 5. The summed E-state index contributed by atoms with van der Waals surface area (Å²) in [6.45, 7) is 13.9. The summed E-state index contributed by atoms with van der Waals surface area (Å²) in [5.74, 6) is -2.85. The third-order valence-electron chi connectivity index (χ3n) is 11.7. The summed E-state index contributed by atoms with van der Waals surface area (Å²) >= 11 is 0. The van der Waals surface area contributed by atoms with Crippen molar-refractivity contribution in [1.82, 2.24) is 35.5 Å². The Hall–Kier alpha value is -4.37. The van der Waals surface area contributed by atoms with Crippen molar-refractivity contribution in [2.24, 2.45) is 28.6 Å². The summed E-state index contributed by atoms with van der Waals surface area (Å²) in [5, 5.41) is 11.2. The molecular formula is C40H57N7O7S. The van der Waals surface area contributed by atoms with Gasteiger partial charge in [0, 0.05) is 38.9 Å². The van der Waals surface area contributed by atoms with Crippen molar-refractivity contribution in [3.05, 3.63) is 59.8 Å². The van der Waals surface area contributed by atoms with Gasteiger partial charge in [0.15, 0.2) is 5.03 Å². The summed E-state index contributed by atoms with van der Waals surface area (Å²) in [7, 11) is -2.53. The van der Waals surface area contributed by atoms with Crippen LogP contribution in [0.5, 0.6) is 0 Å². The van der Waals surface area contributed by atoms with E-state index in [9.17, 15) is 32.4 Å². The van der Waals surface area contributed by atoms with Crippen LogP contribution in [0.3, 0.4) is 0 Å². The molecule has 0 radical (unpaired) electrons. The number of piperidine rings is 1. The molecule has 1 saturated carbocycles. The summed E-state index contributed by atoms with van der Waals surface area (Å²) in [6.07, 6.45) is 3.27. The largest absolute Gasteiger partial charge is 0.350 e. The normalized spacial score (nSPS) is 21.8. The molecule has 1 saturated heterocycles. The number of likely N-dealkylation sites (tertiary alicyclic amines) is 1. The van der Waals surface area contributed by atoms with Gasteiger partial charge in [-0.25, -0.2) is 18.2 Å². The number of aromatic nitrogens is 1. The molecule has 14 nitrogen and oxygen atoms in total. The van der Waals surface area contributed by atoms with Crippen molar-refractivity contribution in [2.45, 2.75) is 103 Å². The first-order valence-corrected chi connectivity index (χ1v) is 20.7. The van der Waals surface area contributed by atoms with Crippen molar-refractivity contribution in [3.63, 3.8) is 0 Å². The number of nitrogens with one attached hydrogen (secondary N) is 4. The molecule has 2 aliphatic carbocycles. The summed E-state index contributed by atoms with van der Waals surface area (Å²) in [4.78, 5) is 74.2. The average Bonchev–Trinajstić information content (AvgIpc) is 3.49. The molecule has 4 N–H and O–H groups in total. The number of pyridine rings is 1. The molecule has 6 atom stereocenters. The molecule has 1 aromatic carbocycles. The number of benzene rings is 1. The Balaban J connectivity index is 1.40. The number of sulfonamides is 1. The number of hydrogen-bond donors (Lipinski definition) is 4. The molecular weight excluding hydrogens is 723 g/mol. The average molecular weight is 780 g/mol. The first-order valence-electron chi connectivity index (χ1n) is 19.3. The Morgan fingerprint density at radius 2 is 1.60 bits per heavy atom. The molecule has 2 aromatic rings. The van der Waals surface area contributed by atoms with Crippen LogP contribution < -0.4 is 21.3 Å². The minimum absolute atomic E-state index is 0.0352. The van der Waals surface area contributed by atoms with Crippen LogP contribution in [0.25, 0.3) is 0 Å². The Bertz CT molecular complexity index is 1860. The fourth-order valence-corrected chi connectivity index (χ4v) is 9.42.